The number of carbonyl (C=O) groups is 1. The topological polar surface area (TPSA) is 51.7 Å². The van der Waals surface area contributed by atoms with Gasteiger partial charge in [0.25, 0.3) is 0 Å². The Bertz CT molecular complexity index is 735. The van der Waals surface area contributed by atoms with Crippen LogP contribution in [-0.4, -0.2) is 43.6 Å². The second-order valence-electron chi connectivity index (χ2n) is 7.76. The molecule has 1 atom stereocenters. The van der Waals surface area contributed by atoms with Gasteiger partial charge in [-0.1, -0.05) is 20.8 Å². The predicted octanol–water partition coefficient (Wildman–Crippen LogP) is 3.83. The smallest absolute Gasteiger partial charge is 0.306 e. The molecule has 1 heterocycles. The van der Waals surface area contributed by atoms with Crippen LogP contribution in [0.3, 0.4) is 0 Å². The van der Waals surface area contributed by atoms with Crippen molar-refractivity contribution in [1.29, 1.82) is 0 Å². The number of pyridine rings is 1. The molecule has 5 heteroatoms. The van der Waals surface area contributed by atoms with Gasteiger partial charge in [-0.2, -0.15) is 0 Å². The Kier molecular flexibility index (Phi) is 6.01. The molecule has 0 aliphatic rings. The summed E-state index contributed by atoms with van der Waals surface area (Å²) >= 11 is 0. The lowest BCUT2D eigenvalue weighted by atomic mass is 9.92. The van der Waals surface area contributed by atoms with Crippen molar-refractivity contribution in [3.63, 3.8) is 0 Å². The molecule has 0 aliphatic carbocycles. The summed E-state index contributed by atoms with van der Waals surface area (Å²) in [4.78, 5) is 18.8. The fourth-order valence-corrected chi connectivity index (χ4v) is 2.72. The van der Waals surface area contributed by atoms with Gasteiger partial charge in [-0.05, 0) is 43.8 Å². The number of ether oxygens (including phenoxy) is 2. The van der Waals surface area contributed by atoms with Gasteiger partial charge >= 0.3 is 5.97 Å². The van der Waals surface area contributed by atoms with Crippen molar-refractivity contribution in [3.8, 4) is 5.75 Å². The van der Waals surface area contributed by atoms with E-state index in [4.69, 9.17) is 9.47 Å². The molecule has 0 N–H and O–H groups in total. The van der Waals surface area contributed by atoms with Gasteiger partial charge in [-0.25, -0.2) is 0 Å². The number of methoxy groups -OCH3 is 1. The Morgan fingerprint density at radius 3 is 2.56 bits per heavy atom. The van der Waals surface area contributed by atoms with E-state index in [1.807, 2.05) is 64.0 Å². The number of benzene rings is 1. The lowest BCUT2D eigenvalue weighted by Gasteiger charge is -2.25. The summed E-state index contributed by atoms with van der Waals surface area (Å²) in [5.74, 6) is 0.568. The minimum atomic E-state index is -0.359. The maximum atomic E-state index is 12.4. The third-order valence-electron chi connectivity index (χ3n) is 3.81. The zero-order valence-electron chi connectivity index (χ0n) is 16.0. The molecule has 0 aliphatic heterocycles. The van der Waals surface area contributed by atoms with Gasteiger partial charge in [0.1, 0.15) is 11.9 Å². The van der Waals surface area contributed by atoms with Crippen LogP contribution in [0.4, 0.5) is 0 Å². The first-order valence-corrected chi connectivity index (χ1v) is 8.46. The molecular formula is C20H28N2O3. The zero-order valence-corrected chi connectivity index (χ0v) is 16.0. The summed E-state index contributed by atoms with van der Waals surface area (Å²) in [7, 11) is 5.57. The molecule has 0 saturated heterocycles. The number of likely N-dealkylation sites (N-methyl/N-ethyl adjacent to an activating group) is 1. The highest BCUT2D eigenvalue weighted by Gasteiger charge is 2.24. The monoisotopic (exact) mass is 344 g/mol. The normalized spacial score (nSPS) is 13.1. The van der Waals surface area contributed by atoms with Gasteiger partial charge in [-0.15, -0.1) is 0 Å². The fraction of sp³-hybridized carbons (Fsp3) is 0.500. The number of aromatic nitrogens is 1. The molecule has 25 heavy (non-hydrogen) atoms. The largest absolute Gasteiger partial charge is 0.497 e. The Morgan fingerprint density at radius 1 is 1.24 bits per heavy atom. The Hall–Kier alpha value is -2.14. The van der Waals surface area contributed by atoms with E-state index >= 15 is 0 Å². The van der Waals surface area contributed by atoms with Gasteiger partial charge < -0.3 is 14.4 Å². The molecule has 1 unspecified atom stereocenters. The van der Waals surface area contributed by atoms with Crippen molar-refractivity contribution in [1.82, 2.24) is 9.88 Å². The minimum absolute atomic E-state index is 0.108. The third kappa shape index (κ3) is 5.43. The maximum absolute atomic E-state index is 12.4. The van der Waals surface area contributed by atoms with E-state index in [9.17, 15) is 4.79 Å². The minimum Gasteiger partial charge on any atom is -0.497 e. The first-order chi connectivity index (χ1) is 11.7. The van der Waals surface area contributed by atoms with Crippen molar-refractivity contribution in [2.75, 3.05) is 27.7 Å². The van der Waals surface area contributed by atoms with Gasteiger partial charge in [0.15, 0.2) is 0 Å². The summed E-state index contributed by atoms with van der Waals surface area (Å²) in [6.07, 6.45) is 1.77. The van der Waals surface area contributed by atoms with Crippen LogP contribution in [0.25, 0.3) is 10.9 Å². The van der Waals surface area contributed by atoms with Crippen molar-refractivity contribution < 1.29 is 14.3 Å². The summed E-state index contributed by atoms with van der Waals surface area (Å²) in [5, 5.41) is 0.942. The Morgan fingerprint density at radius 2 is 1.96 bits per heavy atom. The first-order valence-electron chi connectivity index (χ1n) is 8.46. The van der Waals surface area contributed by atoms with E-state index in [1.165, 1.54) is 0 Å². The van der Waals surface area contributed by atoms with Crippen molar-refractivity contribution in [2.45, 2.75) is 33.3 Å². The van der Waals surface area contributed by atoms with E-state index in [-0.39, 0.29) is 17.5 Å². The summed E-state index contributed by atoms with van der Waals surface area (Å²) < 4.78 is 11.2. The quantitative estimate of drug-likeness (QED) is 0.746. The number of rotatable bonds is 6. The van der Waals surface area contributed by atoms with Crippen LogP contribution < -0.4 is 4.74 Å². The summed E-state index contributed by atoms with van der Waals surface area (Å²) in [6.45, 7) is 6.69. The van der Waals surface area contributed by atoms with E-state index in [2.05, 4.69) is 4.98 Å². The van der Waals surface area contributed by atoms with Crippen LogP contribution in [-0.2, 0) is 9.53 Å². The number of fused-ring (bicyclic) bond motifs is 1. The van der Waals surface area contributed by atoms with Crippen LogP contribution in [0.15, 0.2) is 30.5 Å². The number of hydrogen-bond donors (Lipinski definition) is 0. The van der Waals surface area contributed by atoms with Gasteiger partial charge in [0.05, 0.1) is 19.0 Å². The lowest BCUT2D eigenvalue weighted by Crippen LogP contribution is -2.26. The molecule has 0 amide bonds. The highest BCUT2D eigenvalue weighted by atomic mass is 16.5. The molecule has 5 nitrogen and oxygen atoms in total. The predicted molar refractivity (Wildman–Crippen MR) is 99.8 cm³/mol. The second kappa shape index (κ2) is 7.83. The molecule has 2 rings (SSSR count). The highest BCUT2D eigenvalue weighted by Crippen LogP contribution is 2.30. The van der Waals surface area contributed by atoms with Crippen LogP contribution >= 0.6 is 0 Å². The van der Waals surface area contributed by atoms with Crippen LogP contribution in [0.2, 0.25) is 0 Å². The Balaban J connectivity index is 2.40. The van der Waals surface area contributed by atoms with Crippen LogP contribution in [0.5, 0.6) is 5.75 Å². The molecule has 1 aromatic carbocycles. The van der Waals surface area contributed by atoms with E-state index in [0.29, 0.717) is 13.0 Å². The van der Waals surface area contributed by atoms with Crippen molar-refractivity contribution in [3.05, 3.63) is 36.0 Å². The molecule has 0 fully saturated rings. The fourth-order valence-electron chi connectivity index (χ4n) is 2.72. The van der Waals surface area contributed by atoms with Crippen LogP contribution in [0.1, 0.15) is 38.9 Å². The molecule has 0 radical (unpaired) electrons. The molecule has 2 aromatic rings. The number of hydrogen-bond acceptors (Lipinski definition) is 5. The van der Waals surface area contributed by atoms with Gasteiger partial charge in [-0.3, -0.25) is 9.78 Å². The molecule has 136 valence electrons. The average Bonchev–Trinajstić information content (AvgIpc) is 2.50. The Labute approximate surface area is 149 Å². The summed E-state index contributed by atoms with van der Waals surface area (Å²) in [6, 6.07) is 7.66. The van der Waals surface area contributed by atoms with E-state index < -0.39 is 0 Å². The number of nitrogens with zero attached hydrogens (tertiary/aromatic N) is 2. The summed E-state index contributed by atoms with van der Waals surface area (Å²) in [5.41, 5.74) is 1.69. The number of carbonyl (C=O) groups excluding carboxylic acids is 1. The standard InChI is InChI=1S/C20H28N2O3/c1-20(2,3)12-19(23)25-18(13-22(4)5)15-9-10-21-17-8-7-14(24-6)11-16(15)17/h7-11,18H,12-13H2,1-6H3. The number of esters is 1. The highest BCUT2D eigenvalue weighted by molar-refractivity contribution is 5.84. The van der Waals surface area contributed by atoms with Gasteiger partial charge in [0, 0.05) is 23.7 Å². The molecule has 0 saturated carbocycles. The average molecular weight is 344 g/mol. The van der Waals surface area contributed by atoms with Crippen molar-refractivity contribution in [2.24, 2.45) is 5.41 Å². The first kappa shape index (κ1) is 19.2. The van der Waals surface area contributed by atoms with Crippen molar-refractivity contribution >= 4 is 16.9 Å². The lowest BCUT2D eigenvalue weighted by molar-refractivity contribution is -0.152. The van der Waals surface area contributed by atoms with E-state index in [1.54, 1.807) is 13.3 Å². The SMILES string of the molecule is COc1ccc2nccc(C(CN(C)C)OC(=O)CC(C)(C)C)c2c1. The second-order valence-corrected chi connectivity index (χ2v) is 7.76. The third-order valence-corrected chi connectivity index (χ3v) is 3.81. The van der Waals surface area contributed by atoms with E-state index in [0.717, 1.165) is 22.2 Å². The maximum Gasteiger partial charge on any atom is 0.306 e. The zero-order chi connectivity index (χ0) is 18.6. The van der Waals surface area contributed by atoms with Gasteiger partial charge in [0.2, 0.25) is 0 Å². The molecule has 0 spiro atoms. The molecule has 0 bridgehead atoms. The molecular weight excluding hydrogens is 316 g/mol. The van der Waals surface area contributed by atoms with Crippen LogP contribution in [0, 0.1) is 5.41 Å². The molecule has 1 aromatic heterocycles.